The van der Waals surface area contributed by atoms with E-state index >= 15 is 0 Å². The van der Waals surface area contributed by atoms with Crippen molar-refractivity contribution in [3.8, 4) is 28.4 Å². The number of fused-ring (bicyclic) bond motifs is 2. The lowest BCUT2D eigenvalue weighted by molar-refractivity contribution is -0.125. The molecular weight excluding hydrogens is 830 g/mol. The standard InChI is InChI=1S/C44H39Cl2N3O5S2.CH2O2/c1-27-44(55-28(2)48-27)56(51)49-24-35-23-41-40(53-26-42(54-41)33-13-15-36(16-14-33)52-25-30-10-17-37(45)38(46)20-30)22-34(35)21-39(49)43(50)47-19-18-29-8-11-32(12-9-29)31-6-4-3-5-7-31;2-1-3/h3-17,20,22-23,39,42H,18-19,21,24-26H2,1-2H3,(H,47,50);1H,(H,2,3). The Morgan fingerprint density at radius 3 is 2.32 bits per heavy atom. The lowest BCUT2D eigenvalue weighted by atomic mass is 9.94. The van der Waals surface area contributed by atoms with E-state index in [1.165, 1.54) is 11.3 Å². The van der Waals surface area contributed by atoms with Crippen molar-refractivity contribution in [2.75, 3.05) is 13.2 Å². The molecule has 2 aliphatic heterocycles. The van der Waals surface area contributed by atoms with Crippen molar-refractivity contribution < 1.29 is 33.1 Å². The number of ether oxygens (including phenoxy) is 3. The molecule has 14 heteroatoms. The summed E-state index contributed by atoms with van der Waals surface area (Å²) < 4.78 is 35.4. The van der Waals surface area contributed by atoms with Crippen molar-refractivity contribution in [3.63, 3.8) is 0 Å². The maximum absolute atomic E-state index is 14.3. The fraction of sp³-hybridized carbons (Fsp3) is 0.222. The molecule has 6 aromatic rings. The number of benzene rings is 5. The molecular formula is C45H41Cl2N3O7S2. The van der Waals surface area contributed by atoms with Gasteiger partial charge in [-0.25, -0.2) is 13.5 Å². The van der Waals surface area contributed by atoms with Crippen molar-refractivity contribution in [1.82, 2.24) is 14.6 Å². The molecule has 0 saturated carbocycles. The minimum atomic E-state index is -1.61. The van der Waals surface area contributed by atoms with Crippen LogP contribution in [0.3, 0.4) is 0 Å². The molecule has 3 heterocycles. The molecule has 2 aliphatic rings. The number of hydrogen-bond donors (Lipinski definition) is 2. The molecule has 59 heavy (non-hydrogen) atoms. The van der Waals surface area contributed by atoms with Crippen LogP contribution < -0.4 is 19.5 Å². The van der Waals surface area contributed by atoms with Gasteiger partial charge in [0.25, 0.3) is 6.47 Å². The minimum Gasteiger partial charge on any atom is -0.489 e. The average Bonchev–Trinajstić information content (AvgIpc) is 3.60. The summed E-state index contributed by atoms with van der Waals surface area (Å²) in [6, 6.07) is 35.1. The SMILES string of the molecule is Cc1nc(C)c(S(=O)N2Cc3cc4c(cc3CC2C(=O)NCCc2ccc(-c3ccccc3)cc2)OCC(c2ccc(OCc3ccc(Cl)c(Cl)c3)cc2)O4)s1.O=CO. The lowest BCUT2D eigenvalue weighted by Gasteiger charge is -2.36. The Hall–Kier alpha value is -5.24. The Bertz CT molecular complexity index is 2450. The molecule has 5 aromatic carbocycles. The highest BCUT2D eigenvalue weighted by Gasteiger charge is 2.38. The fourth-order valence-corrected chi connectivity index (χ4v) is 10.1. The topological polar surface area (TPSA) is 127 Å². The number of aromatic nitrogens is 1. The van der Waals surface area contributed by atoms with Gasteiger partial charge in [-0.15, -0.1) is 11.3 Å². The second-order valence-electron chi connectivity index (χ2n) is 14.0. The van der Waals surface area contributed by atoms with Crippen LogP contribution in [0.15, 0.2) is 113 Å². The van der Waals surface area contributed by atoms with Gasteiger partial charge in [0.15, 0.2) is 17.6 Å². The monoisotopic (exact) mass is 869 g/mol. The quantitative estimate of drug-likeness (QED) is 0.123. The van der Waals surface area contributed by atoms with Gasteiger partial charge in [0.2, 0.25) is 5.91 Å². The van der Waals surface area contributed by atoms with E-state index in [0.29, 0.717) is 76.3 Å². The van der Waals surface area contributed by atoms with Crippen LogP contribution in [0, 0.1) is 13.8 Å². The number of amides is 1. The van der Waals surface area contributed by atoms with Crippen LogP contribution in [0.4, 0.5) is 0 Å². The van der Waals surface area contributed by atoms with Crippen molar-refractivity contribution in [1.29, 1.82) is 0 Å². The van der Waals surface area contributed by atoms with Crippen molar-refractivity contribution in [2.45, 2.75) is 56.2 Å². The molecule has 0 spiro atoms. The predicted molar refractivity (Wildman–Crippen MR) is 231 cm³/mol. The molecule has 0 bridgehead atoms. The Morgan fingerprint density at radius 2 is 1.63 bits per heavy atom. The number of nitrogens with one attached hydrogen (secondary N) is 1. The highest BCUT2D eigenvalue weighted by Crippen LogP contribution is 2.42. The molecule has 8 rings (SSSR count). The molecule has 1 aromatic heterocycles. The van der Waals surface area contributed by atoms with E-state index in [2.05, 4.69) is 46.7 Å². The summed E-state index contributed by atoms with van der Waals surface area (Å²) in [4.78, 5) is 26.8. The van der Waals surface area contributed by atoms with Crippen molar-refractivity contribution >= 4 is 57.9 Å². The summed E-state index contributed by atoms with van der Waals surface area (Å²) in [6.45, 7) is 4.95. The van der Waals surface area contributed by atoms with Crippen molar-refractivity contribution in [2.24, 2.45) is 0 Å². The Labute approximate surface area is 359 Å². The van der Waals surface area contributed by atoms with E-state index in [1.54, 1.807) is 16.4 Å². The highest BCUT2D eigenvalue weighted by molar-refractivity contribution is 7.85. The van der Waals surface area contributed by atoms with Gasteiger partial charge in [-0.1, -0.05) is 96.0 Å². The maximum Gasteiger partial charge on any atom is 0.290 e. The number of nitrogens with zero attached hydrogens (tertiary/aromatic N) is 2. The van der Waals surface area contributed by atoms with Crippen LogP contribution in [-0.2, 0) is 46.6 Å². The van der Waals surface area contributed by atoms with E-state index in [9.17, 15) is 9.00 Å². The van der Waals surface area contributed by atoms with Gasteiger partial charge in [0.05, 0.1) is 20.7 Å². The maximum atomic E-state index is 14.3. The zero-order chi connectivity index (χ0) is 41.5. The van der Waals surface area contributed by atoms with Crippen LogP contribution in [0.1, 0.15) is 44.6 Å². The summed E-state index contributed by atoms with van der Waals surface area (Å²) in [5.41, 5.74) is 7.92. The van der Waals surface area contributed by atoms with Gasteiger partial charge in [0.1, 0.15) is 40.2 Å². The van der Waals surface area contributed by atoms with Gasteiger partial charge < -0.3 is 24.6 Å². The van der Waals surface area contributed by atoms with E-state index in [0.717, 1.165) is 44.0 Å². The molecule has 2 N–H and O–H groups in total. The number of halogens is 2. The number of carbonyl (C=O) groups is 2. The van der Waals surface area contributed by atoms with Crippen LogP contribution in [0.2, 0.25) is 10.0 Å². The first-order chi connectivity index (χ1) is 28.6. The first-order valence-corrected chi connectivity index (χ1v) is 21.5. The third kappa shape index (κ3) is 10.1. The average molecular weight is 871 g/mol. The number of rotatable bonds is 11. The van der Waals surface area contributed by atoms with E-state index in [1.807, 2.05) is 74.5 Å². The molecule has 0 fully saturated rings. The second-order valence-corrected chi connectivity index (χ2v) is 17.6. The van der Waals surface area contributed by atoms with Crippen molar-refractivity contribution in [3.05, 3.63) is 158 Å². The third-order valence-corrected chi connectivity index (χ3v) is 13.7. The number of carbonyl (C=O) groups excluding carboxylic acids is 1. The Balaban J connectivity index is 0.00000171. The fourth-order valence-electron chi connectivity index (χ4n) is 6.99. The van der Waals surface area contributed by atoms with E-state index in [4.69, 9.17) is 47.3 Å². The van der Waals surface area contributed by atoms with E-state index < -0.39 is 17.0 Å². The van der Waals surface area contributed by atoms with Crippen LogP contribution in [0.5, 0.6) is 17.2 Å². The number of thiazole rings is 1. The van der Waals surface area contributed by atoms with Gasteiger partial charge in [0, 0.05) is 13.1 Å². The summed E-state index contributed by atoms with van der Waals surface area (Å²) in [5.74, 6) is 1.78. The van der Waals surface area contributed by atoms with Gasteiger partial charge >= 0.3 is 0 Å². The largest absolute Gasteiger partial charge is 0.489 e. The summed E-state index contributed by atoms with van der Waals surface area (Å²) in [6.07, 6.45) is 0.711. The van der Waals surface area contributed by atoms with E-state index in [-0.39, 0.29) is 18.5 Å². The first kappa shape index (κ1) is 41.9. The predicted octanol–water partition coefficient (Wildman–Crippen LogP) is 9.33. The third-order valence-electron chi connectivity index (χ3n) is 9.96. The Kier molecular flexibility index (Phi) is 13.6. The normalized spacial score (nSPS) is 16.2. The lowest BCUT2D eigenvalue weighted by Crippen LogP contribution is -2.51. The summed E-state index contributed by atoms with van der Waals surface area (Å²) in [7, 11) is -1.61. The van der Waals surface area contributed by atoms with Crippen LogP contribution in [0.25, 0.3) is 11.1 Å². The van der Waals surface area contributed by atoms with Crippen LogP contribution >= 0.6 is 34.5 Å². The minimum absolute atomic E-state index is 0.164. The molecule has 10 nitrogen and oxygen atoms in total. The molecule has 304 valence electrons. The number of carboxylic acid groups (broad SMARTS) is 1. The zero-order valence-corrected chi connectivity index (χ0v) is 35.4. The second kappa shape index (κ2) is 19.2. The molecule has 0 saturated heterocycles. The molecule has 0 radical (unpaired) electrons. The summed E-state index contributed by atoms with van der Waals surface area (Å²) in [5, 5.41) is 11.9. The molecule has 1 amide bonds. The van der Waals surface area contributed by atoms with Gasteiger partial charge in [-0.3, -0.25) is 9.59 Å². The smallest absolute Gasteiger partial charge is 0.290 e. The first-order valence-electron chi connectivity index (χ1n) is 18.8. The zero-order valence-electron chi connectivity index (χ0n) is 32.2. The highest BCUT2D eigenvalue weighted by atomic mass is 35.5. The Morgan fingerprint density at radius 1 is 0.932 bits per heavy atom. The number of hydrogen-bond acceptors (Lipinski definition) is 8. The summed E-state index contributed by atoms with van der Waals surface area (Å²) >= 11 is 13.6. The molecule has 3 unspecified atom stereocenters. The van der Waals surface area contributed by atoms with Crippen LogP contribution in [-0.4, -0.2) is 50.2 Å². The van der Waals surface area contributed by atoms with Gasteiger partial charge in [-0.05, 0) is 102 Å². The number of aryl methyl sites for hydroxylation is 2. The molecule has 0 aliphatic carbocycles. The molecule has 3 atom stereocenters. The van der Waals surface area contributed by atoms with Gasteiger partial charge in [-0.2, -0.15) is 0 Å².